The molecule has 0 aliphatic carbocycles. The molecule has 0 aromatic carbocycles. The molecule has 1 N–H and O–H groups in total. The molecule has 2 rings (SSSR count). The lowest BCUT2D eigenvalue weighted by atomic mass is 10.1. The highest BCUT2D eigenvalue weighted by molar-refractivity contribution is 5.68. The monoisotopic (exact) mass is 308 g/mol. The Morgan fingerprint density at radius 3 is 2.91 bits per heavy atom. The number of nitrogens with zero attached hydrogens (tertiary/aromatic N) is 1. The Labute approximate surface area is 133 Å². The molecule has 0 radical (unpaired) electrons. The van der Waals surface area contributed by atoms with E-state index in [1.54, 1.807) is 6.26 Å². The van der Waals surface area contributed by atoms with Crippen molar-refractivity contribution in [3.8, 4) is 0 Å². The highest BCUT2D eigenvalue weighted by atomic mass is 16.6. The van der Waals surface area contributed by atoms with Crippen LogP contribution in [0.1, 0.15) is 51.4 Å². The first kappa shape index (κ1) is 16.9. The SMILES string of the molecule is Cc1ccoc1CNCCC1CCCN1C(=O)OC(C)(C)C. The average molecular weight is 308 g/mol. The summed E-state index contributed by atoms with van der Waals surface area (Å²) in [5.74, 6) is 0.982. The van der Waals surface area contributed by atoms with Crippen LogP contribution in [0.15, 0.2) is 16.7 Å². The zero-order valence-electron chi connectivity index (χ0n) is 14.1. The molecule has 1 unspecified atom stereocenters. The first-order valence-corrected chi connectivity index (χ1v) is 8.10. The second-order valence-corrected chi connectivity index (χ2v) is 6.96. The van der Waals surface area contributed by atoms with Gasteiger partial charge >= 0.3 is 6.09 Å². The number of ether oxygens (including phenoxy) is 1. The van der Waals surface area contributed by atoms with Crippen LogP contribution >= 0.6 is 0 Å². The van der Waals surface area contributed by atoms with E-state index in [1.807, 2.05) is 38.7 Å². The number of hydrogen-bond donors (Lipinski definition) is 1. The lowest BCUT2D eigenvalue weighted by Gasteiger charge is -2.28. The van der Waals surface area contributed by atoms with E-state index in [-0.39, 0.29) is 12.1 Å². The Kier molecular flexibility index (Phi) is 5.51. The summed E-state index contributed by atoms with van der Waals surface area (Å²) < 4.78 is 10.9. The predicted octanol–water partition coefficient (Wildman–Crippen LogP) is 3.47. The Morgan fingerprint density at radius 2 is 2.27 bits per heavy atom. The average Bonchev–Trinajstić information content (AvgIpc) is 3.02. The Morgan fingerprint density at radius 1 is 1.50 bits per heavy atom. The van der Waals surface area contributed by atoms with Gasteiger partial charge in [0.25, 0.3) is 0 Å². The Hall–Kier alpha value is -1.49. The predicted molar refractivity (Wildman–Crippen MR) is 85.7 cm³/mol. The van der Waals surface area contributed by atoms with E-state index in [1.165, 1.54) is 5.56 Å². The number of aryl methyl sites for hydroxylation is 1. The summed E-state index contributed by atoms with van der Waals surface area (Å²) >= 11 is 0. The standard InChI is InChI=1S/C17H28N2O3/c1-13-8-11-21-15(13)12-18-9-7-14-6-5-10-19(14)16(20)22-17(2,3)4/h8,11,14,18H,5-7,9-10,12H2,1-4H3. The van der Waals surface area contributed by atoms with Crippen LogP contribution < -0.4 is 5.32 Å². The van der Waals surface area contributed by atoms with Gasteiger partial charge in [-0.3, -0.25) is 0 Å². The molecule has 1 aliphatic heterocycles. The van der Waals surface area contributed by atoms with E-state index >= 15 is 0 Å². The highest BCUT2D eigenvalue weighted by Gasteiger charge is 2.31. The number of rotatable bonds is 5. The summed E-state index contributed by atoms with van der Waals surface area (Å²) in [7, 11) is 0. The maximum atomic E-state index is 12.2. The highest BCUT2D eigenvalue weighted by Crippen LogP contribution is 2.22. The van der Waals surface area contributed by atoms with Crippen molar-refractivity contribution in [1.82, 2.24) is 10.2 Å². The van der Waals surface area contributed by atoms with Crippen LogP contribution in [0.2, 0.25) is 0 Å². The molecule has 1 aliphatic rings. The van der Waals surface area contributed by atoms with Gasteiger partial charge in [-0.25, -0.2) is 4.79 Å². The molecule has 5 nitrogen and oxygen atoms in total. The molecule has 0 spiro atoms. The van der Waals surface area contributed by atoms with Gasteiger partial charge in [0.15, 0.2) is 0 Å². The van der Waals surface area contributed by atoms with Crippen molar-refractivity contribution in [1.29, 1.82) is 0 Å². The van der Waals surface area contributed by atoms with Crippen LogP contribution in [0.3, 0.4) is 0 Å². The largest absolute Gasteiger partial charge is 0.468 e. The van der Waals surface area contributed by atoms with Gasteiger partial charge < -0.3 is 19.4 Å². The fraction of sp³-hybridized carbons (Fsp3) is 0.706. The van der Waals surface area contributed by atoms with E-state index in [0.29, 0.717) is 0 Å². The molecule has 1 aromatic rings. The number of carbonyl (C=O) groups is 1. The van der Waals surface area contributed by atoms with Gasteiger partial charge in [0.1, 0.15) is 11.4 Å². The topological polar surface area (TPSA) is 54.7 Å². The lowest BCUT2D eigenvalue weighted by Crippen LogP contribution is -2.40. The van der Waals surface area contributed by atoms with Gasteiger partial charge in [0, 0.05) is 12.6 Å². The summed E-state index contributed by atoms with van der Waals surface area (Å²) in [6.07, 6.45) is 4.59. The van der Waals surface area contributed by atoms with Crippen LogP contribution in [-0.4, -0.2) is 35.7 Å². The zero-order valence-corrected chi connectivity index (χ0v) is 14.1. The number of likely N-dealkylation sites (tertiary alicyclic amines) is 1. The molecule has 1 aromatic heterocycles. The van der Waals surface area contributed by atoms with Gasteiger partial charge in [0.2, 0.25) is 0 Å². The summed E-state index contributed by atoms with van der Waals surface area (Å²) in [6, 6.07) is 2.25. The molecule has 2 heterocycles. The van der Waals surface area contributed by atoms with E-state index in [0.717, 1.165) is 44.7 Å². The van der Waals surface area contributed by atoms with Crippen molar-refractivity contribution in [2.75, 3.05) is 13.1 Å². The Bertz CT molecular complexity index is 490. The molecule has 22 heavy (non-hydrogen) atoms. The third kappa shape index (κ3) is 4.77. The fourth-order valence-corrected chi connectivity index (χ4v) is 2.75. The maximum absolute atomic E-state index is 12.2. The second kappa shape index (κ2) is 7.18. The molecule has 0 saturated carbocycles. The number of nitrogens with one attached hydrogen (secondary N) is 1. The molecule has 0 bridgehead atoms. The summed E-state index contributed by atoms with van der Waals surface area (Å²) in [5.41, 5.74) is 0.739. The fourth-order valence-electron chi connectivity index (χ4n) is 2.75. The minimum absolute atomic E-state index is 0.183. The minimum atomic E-state index is -0.431. The first-order chi connectivity index (χ1) is 10.4. The van der Waals surface area contributed by atoms with Crippen LogP contribution in [0, 0.1) is 6.92 Å². The van der Waals surface area contributed by atoms with Crippen molar-refractivity contribution < 1.29 is 13.9 Å². The van der Waals surface area contributed by atoms with Crippen molar-refractivity contribution in [3.05, 3.63) is 23.7 Å². The first-order valence-electron chi connectivity index (χ1n) is 8.10. The molecule has 5 heteroatoms. The summed E-state index contributed by atoms with van der Waals surface area (Å²) in [6.45, 7) is 10.2. The minimum Gasteiger partial charge on any atom is -0.468 e. The van der Waals surface area contributed by atoms with Crippen molar-refractivity contribution >= 4 is 6.09 Å². The van der Waals surface area contributed by atoms with Crippen molar-refractivity contribution in [3.63, 3.8) is 0 Å². The normalized spacial score (nSPS) is 18.7. The van der Waals surface area contributed by atoms with Crippen LogP contribution in [0.25, 0.3) is 0 Å². The number of amides is 1. The van der Waals surface area contributed by atoms with Crippen LogP contribution in [0.5, 0.6) is 0 Å². The van der Waals surface area contributed by atoms with Gasteiger partial charge in [0.05, 0.1) is 12.8 Å². The van der Waals surface area contributed by atoms with E-state index < -0.39 is 5.60 Å². The van der Waals surface area contributed by atoms with Crippen LogP contribution in [-0.2, 0) is 11.3 Å². The number of carbonyl (C=O) groups excluding carboxylic acids is 1. The number of hydrogen-bond acceptors (Lipinski definition) is 4. The smallest absolute Gasteiger partial charge is 0.410 e. The summed E-state index contributed by atoms with van der Waals surface area (Å²) in [5, 5.41) is 3.39. The molecule has 1 saturated heterocycles. The lowest BCUT2D eigenvalue weighted by molar-refractivity contribution is 0.0220. The molecule has 124 valence electrons. The molecule has 1 atom stereocenters. The third-order valence-electron chi connectivity index (χ3n) is 3.91. The van der Waals surface area contributed by atoms with Crippen LogP contribution in [0.4, 0.5) is 4.79 Å². The number of furan rings is 1. The van der Waals surface area contributed by atoms with E-state index in [4.69, 9.17) is 9.15 Å². The quantitative estimate of drug-likeness (QED) is 0.846. The molecule has 1 amide bonds. The third-order valence-corrected chi connectivity index (χ3v) is 3.91. The summed E-state index contributed by atoms with van der Waals surface area (Å²) in [4.78, 5) is 14.1. The van der Waals surface area contributed by atoms with Gasteiger partial charge in [-0.1, -0.05) is 0 Å². The van der Waals surface area contributed by atoms with E-state index in [9.17, 15) is 4.79 Å². The Balaban J connectivity index is 1.74. The van der Waals surface area contributed by atoms with Crippen molar-refractivity contribution in [2.24, 2.45) is 0 Å². The second-order valence-electron chi connectivity index (χ2n) is 6.96. The maximum Gasteiger partial charge on any atom is 0.410 e. The van der Waals surface area contributed by atoms with Gasteiger partial charge in [-0.15, -0.1) is 0 Å². The molecular formula is C17H28N2O3. The molecular weight excluding hydrogens is 280 g/mol. The zero-order chi connectivity index (χ0) is 16.2. The van der Waals surface area contributed by atoms with E-state index in [2.05, 4.69) is 5.32 Å². The van der Waals surface area contributed by atoms with Gasteiger partial charge in [-0.2, -0.15) is 0 Å². The van der Waals surface area contributed by atoms with Crippen molar-refractivity contribution in [2.45, 2.75) is 65.1 Å². The molecule has 1 fully saturated rings. The van der Waals surface area contributed by atoms with Gasteiger partial charge in [-0.05, 0) is 65.1 Å².